The molecule has 0 aliphatic heterocycles. The summed E-state index contributed by atoms with van der Waals surface area (Å²) < 4.78 is 11.0. The Bertz CT molecular complexity index is 1320. The second-order valence-corrected chi connectivity index (χ2v) is 7.09. The lowest BCUT2D eigenvalue weighted by Gasteiger charge is -2.09. The highest BCUT2D eigenvalue weighted by Gasteiger charge is 2.13. The lowest BCUT2D eigenvalue weighted by atomic mass is 10.1. The maximum atomic E-state index is 12.8. The fourth-order valence-corrected chi connectivity index (χ4v) is 3.39. The van der Waals surface area contributed by atoms with Crippen LogP contribution in [0.4, 0.5) is 5.69 Å². The van der Waals surface area contributed by atoms with Crippen molar-refractivity contribution in [3.8, 4) is 16.9 Å². The molecule has 0 bridgehead atoms. The summed E-state index contributed by atoms with van der Waals surface area (Å²) in [5, 5.41) is 3.78. The van der Waals surface area contributed by atoms with E-state index in [-0.39, 0.29) is 5.91 Å². The number of nitrogens with one attached hydrogen (secondary N) is 2. The van der Waals surface area contributed by atoms with E-state index in [1.807, 2.05) is 66.9 Å². The number of benzene rings is 2. The van der Waals surface area contributed by atoms with Crippen molar-refractivity contribution in [2.45, 2.75) is 6.61 Å². The molecule has 0 atom stereocenters. The van der Waals surface area contributed by atoms with Gasteiger partial charge in [-0.25, -0.2) is 4.98 Å². The summed E-state index contributed by atoms with van der Waals surface area (Å²) in [6.07, 6.45) is 6.70. The molecule has 0 radical (unpaired) electrons. The van der Waals surface area contributed by atoms with Gasteiger partial charge < -0.3 is 19.5 Å². The number of aromatic nitrogens is 2. The van der Waals surface area contributed by atoms with Crippen LogP contribution >= 0.6 is 0 Å². The van der Waals surface area contributed by atoms with Gasteiger partial charge in [0.2, 0.25) is 0 Å². The molecule has 31 heavy (non-hydrogen) atoms. The first-order valence-corrected chi connectivity index (χ1v) is 9.84. The Morgan fingerprint density at radius 2 is 1.97 bits per heavy atom. The van der Waals surface area contributed by atoms with E-state index in [1.54, 1.807) is 24.8 Å². The standard InChI is InChI=1S/C25H19N3O3/c29-25(19-11-22-23(18-9-10-30-16-18)14-27-24(22)26-13-19)28-20-7-4-8-21(12-20)31-15-17-5-2-1-3-6-17/h1-14,16H,15H2,(H,26,27)(H,28,29). The van der Waals surface area contributed by atoms with Gasteiger partial charge in [-0.05, 0) is 29.8 Å². The Hall–Kier alpha value is -4.32. The van der Waals surface area contributed by atoms with Crippen LogP contribution in [0.1, 0.15) is 15.9 Å². The first-order chi connectivity index (χ1) is 15.3. The number of nitrogens with zero attached hydrogens (tertiary/aromatic N) is 1. The minimum atomic E-state index is -0.242. The highest BCUT2D eigenvalue weighted by molar-refractivity contribution is 6.07. The van der Waals surface area contributed by atoms with Crippen molar-refractivity contribution in [2.75, 3.05) is 5.32 Å². The molecule has 3 aromatic heterocycles. The number of anilines is 1. The third kappa shape index (κ3) is 4.04. The number of furan rings is 1. The van der Waals surface area contributed by atoms with Crippen LogP contribution in [-0.2, 0) is 6.61 Å². The third-order valence-electron chi connectivity index (χ3n) is 4.97. The molecule has 0 spiro atoms. The van der Waals surface area contributed by atoms with E-state index in [2.05, 4.69) is 15.3 Å². The second-order valence-electron chi connectivity index (χ2n) is 7.09. The van der Waals surface area contributed by atoms with Crippen LogP contribution in [0, 0.1) is 0 Å². The number of hydrogen-bond acceptors (Lipinski definition) is 4. The summed E-state index contributed by atoms with van der Waals surface area (Å²) in [6.45, 7) is 0.461. The maximum absolute atomic E-state index is 12.8. The van der Waals surface area contributed by atoms with E-state index in [0.29, 0.717) is 29.3 Å². The van der Waals surface area contributed by atoms with Gasteiger partial charge in [0.15, 0.2) is 0 Å². The molecule has 0 fully saturated rings. The van der Waals surface area contributed by atoms with Gasteiger partial charge in [-0.1, -0.05) is 36.4 Å². The lowest BCUT2D eigenvalue weighted by Crippen LogP contribution is -2.12. The number of rotatable bonds is 6. The van der Waals surface area contributed by atoms with Crippen molar-refractivity contribution in [1.82, 2.24) is 9.97 Å². The van der Waals surface area contributed by atoms with Gasteiger partial charge in [0.1, 0.15) is 18.0 Å². The topological polar surface area (TPSA) is 80.1 Å². The van der Waals surface area contributed by atoms with Gasteiger partial charge in [0.25, 0.3) is 5.91 Å². The predicted molar refractivity (Wildman–Crippen MR) is 119 cm³/mol. The van der Waals surface area contributed by atoms with E-state index < -0.39 is 0 Å². The van der Waals surface area contributed by atoms with Crippen molar-refractivity contribution in [3.05, 3.63) is 103 Å². The van der Waals surface area contributed by atoms with Gasteiger partial charge in [-0.2, -0.15) is 0 Å². The molecule has 1 amide bonds. The fourth-order valence-electron chi connectivity index (χ4n) is 3.39. The second kappa shape index (κ2) is 8.20. The molecular weight excluding hydrogens is 390 g/mol. The summed E-state index contributed by atoms with van der Waals surface area (Å²) in [5.41, 5.74) is 4.77. The molecule has 0 aliphatic carbocycles. The quantitative estimate of drug-likeness (QED) is 0.380. The smallest absolute Gasteiger partial charge is 0.257 e. The third-order valence-corrected chi connectivity index (χ3v) is 4.97. The van der Waals surface area contributed by atoms with Crippen LogP contribution in [0.3, 0.4) is 0 Å². The van der Waals surface area contributed by atoms with E-state index >= 15 is 0 Å². The molecular formula is C25H19N3O3. The molecule has 5 aromatic rings. The number of fused-ring (bicyclic) bond motifs is 1. The first-order valence-electron chi connectivity index (χ1n) is 9.84. The highest BCUT2D eigenvalue weighted by Crippen LogP contribution is 2.29. The molecule has 2 aromatic carbocycles. The zero-order chi connectivity index (χ0) is 21.0. The number of amides is 1. The summed E-state index contributed by atoms with van der Waals surface area (Å²) in [6, 6.07) is 21.0. The number of ether oxygens (including phenoxy) is 1. The number of carbonyl (C=O) groups excluding carboxylic acids is 1. The zero-order valence-corrected chi connectivity index (χ0v) is 16.5. The number of aromatic amines is 1. The zero-order valence-electron chi connectivity index (χ0n) is 16.5. The normalized spacial score (nSPS) is 10.8. The molecule has 0 aliphatic rings. The van der Waals surface area contributed by atoms with Crippen LogP contribution < -0.4 is 10.1 Å². The molecule has 6 heteroatoms. The van der Waals surface area contributed by atoms with Gasteiger partial charge in [0.05, 0.1) is 18.1 Å². The fraction of sp³-hybridized carbons (Fsp3) is 0.0400. The number of H-pyrrole nitrogens is 1. The van der Waals surface area contributed by atoms with E-state index in [0.717, 1.165) is 22.1 Å². The minimum Gasteiger partial charge on any atom is -0.489 e. The molecule has 0 saturated heterocycles. The molecule has 5 rings (SSSR count). The van der Waals surface area contributed by atoms with Crippen LogP contribution in [0.5, 0.6) is 5.75 Å². The van der Waals surface area contributed by atoms with E-state index in [4.69, 9.17) is 9.15 Å². The molecule has 6 nitrogen and oxygen atoms in total. The molecule has 152 valence electrons. The number of hydrogen-bond donors (Lipinski definition) is 2. The summed E-state index contributed by atoms with van der Waals surface area (Å²) in [5.74, 6) is 0.442. The monoisotopic (exact) mass is 409 g/mol. The van der Waals surface area contributed by atoms with Gasteiger partial charge in [-0.3, -0.25) is 4.79 Å². The number of carbonyl (C=O) groups is 1. The molecule has 0 unspecified atom stereocenters. The van der Waals surface area contributed by atoms with Crippen molar-refractivity contribution >= 4 is 22.6 Å². The van der Waals surface area contributed by atoms with Crippen molar-refractivity contribution in [2.24, 2.45) is 0 Å². The predicted octanol–water partition coefficient (Wildman–Crippen LogP) is 5.65. The summed E-state index contributed by atoms with van der Waals surface area (Å²) in [4.78, 5) is 20.4. The van der Waals surface area contributed by atoms with Gasteiger partial charge >= 0.3 is 0 Å². The van der Waals surface area contributed by atoms with Crippen molar-refractivity contribution < 1.29 is 13.9 Å². The average Bonchev–Trinajstić information content (AvgIpc) is 3.48. The van der Waals surface area contributed by atoms with Gasteiger partial charge in [0, 0.05) is 40.7 Å². The van der Waals surface area contributed by atoms with E-state index in [9.17, 15) is 4.79 Å². The molecule has 0 saturated carbocycles. The Labute approximate surface area is 178 Å². The molecule has 3 heterocycles. The van der Waals surface area contributed by atoms with Crippen LogP contribution in [0.25, 0.3) is 22.2 Å². The summed E-state index contributed by atoms with van der Waals surface area (Å²) in [7, 11) is 0. The SMILES string of the molecule is O=C(Nc1cccc(OCc2ccccc2)c1)c1cnc2[nH]cc(-c3ccoc3)c2c1. The molecule has 2 N–H and O–H groups in total. The Kier molecular flexibility index (Phi) is 4.94. The maximum Gasteiger partial charge on any atom is 0.257 e. The Morgan fingerprint density at radius 1 is 1.06 bits per heavy atom. The Balaban J connectivity index is 1.33. The first kappa shape index (κ1) is 18.7. The Morgan fingerprint density at radius 3 is 2.81 bits per heavy atom. The largest absolute Gasteiger partial charge is 0.489 e. The van der Waals surface area contributed by atoms with Crippen molar-refractivity contribution in [1.29, 1.82) is 0 Å². The lowest BCUT2D eigenvalue weighted by molar-refractivity contribution is 0.102. The van der Waals surface area contributed by atoms with E-state index in [1.165, 1.54) is 0 Å². The van der Waals surface area contributed by atoms with Gasteiger partial charge in [-0.15, -0.1) is 0 Å². The highest BCUT2D eigenvalue weighted by atomic mass is 16.5. The van der Waals surface area contributed by atoms with Crippen LogP contribution in [0.15, 0.2) is 96.1 Å². The van der Waals surface area contributed by atoms with Crippen molar-refractivity contribution in [3.63, 3.8) is 0 Å². The summed E-state index contributed by atoms with van der Waals surface area (Å²) >= 11 is 0. The average molecular weight is 409 g/mol. The van der Waals surface area contributed by atoms with Crippen LogP contribution in [-0.4, -0.2) is 15.9 Å². The van der Waals surface area contributed by atoms with Crippen LogP contribution in [0.2, 0.25) is 0 Å². The minimum absolute atomic E-state index is 0.242. The number of pyridine rings is 1.